The molecule has 0 amide bonds. The van der Waals surface area contributed by atoms with E-state index >= 15 is 0 Å². The highest BCUT2D eigenvalue weighted by Crippen LogP contribution is 2.22. The Bertz CT molecular complexity index is 905. The van der Waals surface area contributed by atoms with Crippen molar-refractivity contribution in [1.82, 2.24) is 24.8 Å². The molecule has 0 unspecified atom stereocenters. The molecule has 1 aliphatic rings. The molecule has 3 aromatic rings. The molecule has 0 radical (unpaired) electrons. The Balaban J connectivity index is 1.56. The molecule has 28 heavy (non-hydrogen) atoms. The van der Waals surface area contributed by atoms with Gasteiger partial charge in [0, 0.05) is 43.8 Å². The average molecular weight is 395 g/mol. The minimum atomic E-state index is 0.494. The van der Waals surface area contributed by atoms with E-state index in [-0.39, 0.29) is 0 Å². The summed E-state index contributed by atoms with van der Waals surface area (Å²) in [6.07, 6.45) is 1.83. The lowest BCUT2D eigenvalue weighted by atomic mass is 10.2. The summed E-state index contributed by atoms with van der Waals surface area (Å²) in [7, 11) is 2.13. The predicted molar refractivity (Wildman–Crippen MR) is 111 cm³/mol. The normalized spacial score (nSPS) is 14.6. The van der Waals surface area contributed by atoms with E-state index in [0.717, 1.165) is 41.8 Å². The van der Waals surface area contributed by atoms with Gasteiger partial charge in [-0.2, -0.15) is 15.0 Å². The van der Waals surface area contributed by atoms with Crippen molar-refractivity contribution in [2.75, 3.05) is 48.8 Å². The van der Waals surface area contributed by atoms with Crippen LogP contribution in [-0.2, 0) is 6.54 Å². The van der Waals surface area contributed by atoms with Crippen molar-refractivity contribution < 1.29 is 0 Å². The zero-order valence-electron chi connectivity index (χ0n) is 15.9. The highest BCUT2D eigenvalue weighted by atomic mass is 32.1. The molecule has 3 heterocycles. The Hall–Kier alpha value is -2.96. The molecule has 2 N–H and O–H groups in total. The number of likely N-dealkylation sites (N-methyl/N-ethyl adjacent to an activating group) is 1. The van der Waals surface area contributed by atoms with Crippen molar-refractivity contribution in [3.05, 3.63) is 47.0 Å². The second kappa shape index (κ2) is 8.37. The summed E-state index contributed by atoms with van der Waals surface area (Å²) in [6, 6.07) is 11.6. The standard InChI is InChI=1S/C19H22N8S/c1-14-12-21-19(28-14)25-17-22-16(20-13-15-6-4-3-5-7-15)23-18(24-17)27-10-8-26(2)9-11-27/h4,6-7,12H,8-11,13H2,1-2H3,(H2,20,21,22,23,24,25). The molecule has 0 spiro atoms. The molecule has 0 bridgehead atoms. The Morgan fingerprint density at radius 2 is 1.93 bits per heavy atom. The Morgan fingerprint density at radius 1 is 1.11 bits per heavy atom. The van der Waals surface area contributed by atoms with Gasteiger partial charge in [0.15, 0.2) is 5.13 Å². The lowest BCUT2D eigenvalue weighted by Crippen LogP contribution is -2.45. The fraction of sp³-hybridized carbons (Fsp3) is 0.368. The number of aromatic nitrogens is 4. The number of anilines is 4. The van der Waals surface area contributed by atoms with Gasteiger partial charge in [-0.3, -0.25) is 5.32 Å². The van der Waals surface area contributed by atoms with Crippen LogP contribution in [0, 0.1) is 19.1 Å². The van der Waals surface area contributed by atoms with Gasteiger partial charge in [-0.05, 0) is 37.7 Å². The van der Waals surface area contributed by atoms with Crippen LogP contribution in [0.2, 0.25) is 0 Å². The number of piperazine rings is 1. The predicted octanol–water partition coefficient (Wildman–Crippen LogP) is 2.34. The molecule has 144 valence electrons. The van der Waals surface area contributed by atoms with Crippen LogP contribution in [0.3, 0.4) is 0 Å². The van der Waals surface area contributed by atoms with Crippen molar-refractivity contribution in [3.63, 3.8) is 0 Å². The minimum Gasteiger partial charge on any atom is -0.350 e. The first-order chi connectivity index (χ1) is 13.7. The zero-order chi connectivity index (χ0) is 19.3. The fourth-order valence-electron chi connectivity index (χ4n) is 2.83. The molecule has 0 saturated carbocycles. The molecular formula is C19H22N8S. The highest BCUT2D eigenvalue weighted by molar-refractivity contribution is 7.15. The van der Waals surface area contributed by atoms with Crippen molar-refractivity contribution in [1.29, 1.82) is 0 Å². The van der Waals surface area contributed by atoms with Gasteiger partial charge in [-0.1, -0.05) is 12.1 Å². The number of hydrogen-bond acceptors (Lipinski definition) is 9. The molecule has 1 aromatic carbocycles. The third kappa shape index (κ3) is 4.65. The van der Waals surface area contributed by atoms with Crippen LogP contribution >= 0.6 is 11.3 Å². The molecule has 2 aromatic heterocycles. The summed E-state index contributed by atoms with van der Waals surface area (Å²) in [5.74, 6) is 1.70. The van der Waals surface area contributed by atoms with Crippen LogP contribution in [0.4, 0.5) is 23.0 Å². The van der Waals surface area contributed by atoms with E-state index in [1.165, 1.54) is 0 Å². The van der Waals surface area contributed by atoms with Gasteiger partial charge in [0.25, 0.3) is 0 Å². The van der Waals surface area contributed by atoms with Crippen LogP contribution in [0.1, 0.15) is 10.4 Å². The van der Waals surface area contributed by atoms with Gasteiger partial charge < -0.3 is 15.1 Å². The number of rotatable bonds is 6. The largest absolute Gasteiger partial charge is 0.350 e. The number of hydrogen-bond donors (Lipinski definition) is 2. The zero-order valence-corrected chi connectivity index (χ0v) is 16.8. The summed E-state index contributed by atoms with van der Waals surface area (Å²) in [5.41, 5.74) is 1.09. The first kappa shape index (κ1) is 18.4. The molecule has 8 nitrogen and oxygen atoms in total. The average Bonchev–Trinajstić information content (AvgIpc) is 3.12. The van der Waals surface area contributed by atoms with E-state index in [1.807, 2.05) is 31.3 Å². The molecule has 1 aliphatic heterocycles. The van der Waals surface area contributed by atoms with Crippen LogP contribution in [0.15, 0.2) is 24.4 Å². The van der Waals surface area contributed by atoms with Gasteiger partial charge in [0.2, 0.25) is 17.8 Å². The van der Waals surface area contributed by atoms with E-state index in [4.69, 9.17) is 0 Å². The van der Waals surface area contributed by atoms with E-state index in [9.17, 15) is 0 Å². The third-order valence-corrected chi connectivity index (χ3v) is 5.25. The topological polar surface area (TPSA) is 82.1 Å². The Morgan fingerprint density at radius 3 is 2.64 bits per heavy atom. The lowest BCUT2D eigenvalue weighted by Gasteiger charge is -2.32. The van der Waals surface area contributed by atoms with Gasteiger partial charge in [0.1, 0.15) is 0 Å². The summed E-state index contributed by atoms with van der Waals surface area (Å²) in [6.45, 7) is 6.37. The van der Waals surface area contributed by atoms with E-state index in [2.05, 4.69) is 59.5 Å². The summed E-state index contributed by atoms with van der Waals surface area (Å²) in [4.78, 5) is 23.8. The third-order valence-electron chi connectivity index (χ3n) is 4.42. The number of thiazole rings is 1. The molecule has 1 fully saturated rings. The number of nitrogens with one attached hydrogen (secondary N) is 2. The van der Waals surface area contributed by atoms with Crippen molar-refractivity contribution in [2.45, 2.75) is 13.5 Å². The van der Waals surface area contributed by atoms with Crippen molar-refractivity contribution >= 4 is 34.3 Å². The molecule has 1 saturated heterocycles. The van der Waals surface area contributed by atoms with E-state index < -0.39 is 0 Å². The first-order valence-corrected chi connectivity index (χ1v) is 9.97. The van der Waals surface area contributed by atoms with Crippen LogP contribution in [0.25, 0.3) is 0 Å². The summed E-state index contributed by atoms with van der Waals surface area (Å²) in [5, 5.41) is 7.27. The Kier molecular flexibility index (Phi) is 5.50. The molecule has 0 atom stereocenters. The second-order valence-electron chi connectivity index (χ2n) is 6.67. The Labute approximate surface area is 168 Å². The van der Waals surface area contributed by atoms with Gasteiger partial charge in [0.05, 0.1) is 0 Å². The van der Waals surface area contributed by atoms with Gasteiger partial charge >= 0.3 is 0 Å². The van der Waals surface area contributed by atoms with Crippen LogP contribution < -0.4 is 15.5 Å². The number of aryl methyl sites for hydroxylation is 1. The van der Waals surface area contributed by atoms with E-state index in [0.29, 0.717) is 24.4 Å². The molecule has 9 heteroatoms. The quantitative estimate of drug-likeness (QED) is 0.659. The smallest absolute Gasteiger partial charge is 0.235 e. The maximum atomic E-state index is 4.64. The van der Waals surface area contributed by atoms with Gasteiger partial charge in [-0.15, -0.1) is 11.3 Å². The molecule has 4 rings (SSSR count). The maximum Gasteiger partial charge on any atom is 0.235 e. The minimum absolute atomic E-state index is 0.494. The summed E-state index contributed by atoms with van der Waals surface area (Å²) >= 11 is 1.57. The lowest BCUT2D eigenvalue weighted by molar-refractivity contribution is 0.311. The second-order valence-corrected chi connectivity index (χ2v) is 7.90. The first-order valence-electron chi connectivity index (χ1n) is 9.15. The monoisotopic (exact) mass is 394 g/mol. The summed E-state index contributed by atoms with van der Waals surface area (Å²) < 4.78 is 0. The van der Waals surface area contributed by atoms with Crippen LogP contribution in [-0.4, -0.2) is 58.1 Å². The van der Waals surface area contributed by atoms with Crippen molar-refractivity contribution in [3.8, 4) is 0 Å². The number of nitrogens with zero attached hydrogens (tertiary/aromatic N) is 6. The highest BCUT2D eigenvalue weighted by Gasteiger charge is 2.19. The van der Waals surface area contributed by atoms with E-state index in [1.54, 1.807) is 11.3 Å². The van der Waals surface area contributed by atoms with Gasteiger partial charge in [-0.25, -0.2) is 4.98 Å². The molecule has 0 aliphatic carbocycles. The SMILES string of the molecule is Cc1cnc(Nc2nc(NCc3cc#ccc3)nc(N3CCN(C)CC3)n2)s1. The maximum absolute atomic E-state index is 4.64. The van der Waals surface area contributed by atoms with Crippen molar-refractivity contribution in [2.24, 2.45) is 0 Å². The fourth-order valence-corrected chi connectivity index (χ4v) is 3.48. The van der Waals surface area contributed by atoms with Crippen LogP contribution in [0.5, 0.6) is 0 Å². The molecular weight excluding hydrogens is 372 g/mol.